The first-order valence-electron chi connectivity index (χ1n) is 9.21. The van der Waals surface area contributed by atoms with Crippen LogP contribution < -0.4 is 15.4 Å². The lowest BCUT2D eigenvalue weighted by Gasteiger charge is -2.12. The lowest BCUT2D eigenvalue weighted by molar-refractivity contribution is 0.409. The van der Waals surface area contributed by atoms with Crippen LogP contribution in [0.1, 0.15) is 16.8 Å². The van der Waals surface area contributed by atoms with Crippen molar-refractivity contribution in [1.82, 2.24) is 20.0 Å². The number of pyridine rings is 1. The molecule has 142 valence electrons. The third-order valence-electron chi connectivity index (χ3n) is 4.50. The molecule has 1 aromatic carbocycles. The molecular weight excluding hydrogens is 338 g/mol. The number of para-hydroxylation sites is 1. The van der Waals surface area contributed by atoms with E-state index in [1.165, 1.54) is 11.1 Å². The normalized spacial score (nSPS) is 11.6. The Hall–Kier alpha value is -3.02. The van der Waals surface area contributed by atoms with Gasteiger partial charge in [-0.1, -0.05) is 24.3 Å². The number of nitrogens with zero attached hydrogens (tertiary/aromatic N) is 3. The van der Waals surface area contributed by atoms with Gasteiger partial charge in [-0.15, -0.1) is 0 Å². The average molecular weight is 365 g/mol. The Morgan fingerprint density at radius 2 is 1.89 bits per heavy atom. The second-order valence-electron chi connectivity index (χ2n) is 6.39. The van der Waals surface area contributed by atoms with Crippen LogP contribution in [0, 0.1) is 6.92 Å². The molecule has 0 amide bonds. The fourth-order valence-electron chi connectivity index (χ4n) is 3.08. The van der Waals surface area contributed by atoms with Gasteiger partial charge in [-0.3, -0.25) is 4.99 Å². The molecule has 0 saturated carbocycles. The number of benzene rings is 1. The third kappa shape index (κ3) is 4.78. The second-order valence-corrected chi connectivity index (χ2v) is 6.39. The standard InChI is InChI=1S/C21H27N5O/c1-16-7-6-14-26-15-18(25-20(16)26)11-13-24-21(22-2)23-12-10-17-8-4-5-9-19(17)27-3/h4-9,14-15H,10-13H2,1-3H3,(H2,22,23,24). The van der Waals surface area contributed by atoms with E-state index in [1.807, 2.05) is 30.5 Å². The number of hydrogen-bond donors (Lipinski definition) is 2. The molecule has 0 aliphatic heterocycles. The predicted octanol–water partition coefficient (Wildman–Crippen LogP) is 2.60. The van der Waals surface area contributed by atoms with Gasteiger partial charge < -0.3 is 19.8 Å². The Balaban J connectivity index is 1.47. The van der Waals surface area contributed by atoms with Gasteiger partial charge in [-0.2, -0.15) is 0 Å². The number of fused-ring (bicyclic) bond motifs is 1. The first kappa shape index (κ1) is 18.8. The van der Waals surface area contributed by atoms with E-state index in [1.54, 1.807) is 14.2 Å². The number of methoxy groups -OCH3 is 1. The van der Waals surface area contributed by atoms with Crippen LogP contribution in [0.4, 0.5) is 0 Å². The molecule has 0 atom stereocenters. The quantitative estimate of drug-likeness (QED) is 0.499. The summed E-state index contributed by atoms with van der Waals surface area (Å²) in [5.41, 5.74) is 4.46. The van der Waals surface area contributed by atoms with Gasteiger partial charge in [-0.25, -0.2) is 4.98 Å². The maximum Gasteiger partial charge on any atom is 0.190 e. The summed E-state index contributed by atoms with van der Waals surface area (Å²) < 4.78 is 7.47. The molecule has 0 aliphatic carbocycles. The van der Waals surface area contributed by atoms with Crippen LogP contribution in [0.25, 0.3) is 5.65 Å². The summed E-state index contributed by atoms with van der Waals surface area (Å²) in [6, 6.07) is 12.2. The van der Waals surface area contributed by atoms with E-state index >= 15 is 0 Å². The molecule has 2 heterocycles. The number of nitrogens with one attached hydrogen (secondary N) is 2. The van der Waals surface area contributed by atoms with Gasteiger partial charge in [0.25, 0.3) is 0 Å². The van der Waals surface area contributed by atoms with Crippen molar-refractivity contribution in [2.24, 2.45) is 4.99 Å². The maximum absolute atomic E-state index is 5.39. The molecule has 0 saturated heterocycles. The molecule has 2 N–H and O–H groups in total. The molecule has 0 bridgehead atoms. The summed E-state index contributed by atoms with van der Waals surface area (Å²) in [4.78, 5) is 8.99. The molecule has 0 spiro atoms. The summed E-state index contributed by atoms with van der Waals surface area (Å²) in [5, 5.41) is 6.70. The molecule has 3 rings (SSSR count). The summed E-state index contributed by atoms with van der Waals surface area (Å²) in [6.07, 6.45) is 5.83. The first-order valence-corrected chi connectivity index (χ1v) is 9.21. The Morgan fingerprint density at radius 1 is 1.11 bits per heavy atom. The molecule has 27 heavy (non-hydrogen) atoms. The van der Waals surface area contributed by atoms with E-state index in [9.17, 15) is 0 Å². The maximum atomic E-state index is 5.39. The van der Waals surface area contributed by atoms with Gasteiger partial charge in [0.05, 0.1) is 12.8 Å². The van der Waals surface area contributed by atoms with Gasteiger partial charge >= 0.3 is 0 Å². The molecule has 2 aromatic heterocycles. The fraction of sp³-hybridized carbons (Fsp3) is 0.333. The van der Waals surface area contributed by atoms with Gasteiger partial charge in [0.1, 0.15) is 11.4 Å². The van der Waals surface area contributed by atoms with Gasteiger partial charge in [0.2, 0.25) is 0 Å². The Bertz CT molecular complexity index is 916. The summed E-state index contributed by atoms with van der Waals surface area (Å²) >= 11 is 0. The topological polar surface area (TPSA) is 63.0 Å². The number of rotatable bonds is 7. The SMILES string of the molecule is CN=C(NCCc1cn2cccc(C)c2n1)NCCc1ccccc1OC. The van der Waals surface area contributed by atoms with Crippen LogP contribution in [0.15, 0.2) is 53.8 Å². The van der Waals surface area contributed by atoms with Gasteiger partial charge in [-0.05, 0) is 36.6 Å². The van der Waals surface area contributed by atoms with Crippen LogP contribution >= 0.6 is 0 Å². The van der Waals surface area contributed by atoms with E-state index in [4.69, 9.17) is 9.72 Å². The second kappa shape index (κ2) is 9.07. The first-order chi connectivity index (χ1) is 13.2. The van der Waals surface area contributed by atoms with Gasteiger partial charge in [0, 0.05) is 39.0 Å². The average Bonchev–Trinajstić information content (AvgIpc) is 3.11. The van der Waals surface area contributed by atoms with Crippen molar-refractivity contribution < 1.29 is 4.74 Å². The number of hydrogen-bond acceptors (Lipinski definition) is 3. The van der Waals surface area contributed by atoms with Crippen LogP contribution in [0.2, 0.25) is 0 Å². The van der Waals surface area contributed by atoms with Crippen molar-refractivity contribution in [1.29, 1.82) is 0 Å². The van der Waals surface area contributed by atoms with Crippen molar-refractivity contribution in [3.8, 4) is 5.75 Å². The van der Waals surface area contributed by atoms with Crippen LogP contribution in [-0.2, 0) is 12.8 Å². The van der Waals surface area contributed by atoms with Gasteiger partial charge in [0.15, 0.2) is 5.96 Å². The number of aryl methyl sites for hydroxylation is 1. The molecule has 6 nitrogen and oxygen atoms in total. The van der Waals surface area contributed by atoms with E-state index in [2.05, 4.69) is 45.3 Å². The van der Waals surface area contributed by atoms with Crippen molar-refractivity contribution >= 4 is 11.6 Å². The lowest BCUT2D eigenvalue weighted by atomic mass is 10.1. The van der Waals surface area contributed by atoms with Crippen LogP contribution in [0.5, 0.6) is 5.75 Å². The Labute approximate surface area is 160 Å². The van der Waals surface area contributed by atoms with Crippen molar-refractivity contribution in [2.75, 3.05) is 27.2 Å². The Kier molecular flexibility index (Phi) is 6.30. The van der Waals surface area contributed by atoms with Crippen LogP contribution in [0.3, 0.4) is 0 Å². The number of ether oxygens (including phenoxy) is 1. The summed E-state index contributed by atoms with van der Waals surface area (Å²) in [6.45, 7) is 3.64. The zero-order valence-corrected chi connectivity index (χ0v) is 16.2. The number of aromatic nitrogens is 2. The molecular formula is C21H27N5O. The highest BCUT2D eigenvalue weighted by molar-refractivity contribution is 5.79. The minimum atomic E-state index is 0.775. The highest BCUT2D eigenvalue weighted by Crippen LogP contribution is 2.17. The zero-order valence-electron chi connectivity index (χ0n) is 16.2. The molecule has 0 aliphatic rings. The number of aliphatic imine (C=N–C) groups is 1. The smallest absolute Gasteiger partial charge is 0.190 e. The fourth-order valence-corrected chi connectivity index (χ4v) is 3.08. The number of guanidine groups is 1. The highest BCUT2D eigenvalue weighted by atomic mass is 16.5. The minimum absolute atomic E-state index is 0.775. The van der Waals surface area contributed by atoms with Crippen molar-refractivity contribution in [3.63, 3.8) is 0 Å². The van der Waals surface area contributed by atoms with E-state index < -0.39 is 0 Å². The summed E-state index contributed by atoms with van der Waals surface area (Å²) in [7, 11) is 3.49. The molecule has 0 unspecified atom stereocenters. The Morgan fingerprint density at radius 3 is 2.63 bits per heavy atom. The predicted molar refractivity (Wildman–Crippen MR) is 110 cm³/mol. The highest BCUT2D eigenvalue weighted by Gasteiger charge is 2.05. The molecule has 3 aromatic rings. The zero-order chi connectivity index (χ0) is 19.1. The van der Waals surface area contributed by atoms with E-state index in [0.717, 1.165) is 49.0 Å². The lowest BCUT2D eigenvalue weighted by Crippen LogP contribution is -2.39. The van der Waals surface area contributed by atoms with Crippen LogP contribution in [-0.4, -0.2) is 42.6 Å². The molecule has 0 radical (unpaired) electrons. The third-order valence-corrected chi connectivity index (χ3v) is 4.50. The molecule has 6 heteroatoms. The van der Waals surface area contributed by atoms with Crippen molar-refractivity contribution in [3.05, 3.63) is 65.6 Å². The minimum Gasteiger partial charge on any atom is -0.496 e. The van der Waals surface area contributed by atoms with Crippen molar-refractivity contribution in [2.45, 2.75) is 19.8 Å². The summed E-state index contributed by atoms with van der Waals surface area (Å²) in [5.74, 6) is 1.72. The number of imidazole rings is 1. The van der Waals surface area contributed by atoms with E-state index in [-0.39, 0.29) is 0 Å². The van der Waals surface area contributed by atoms with E-state index in [0.29, 0.717) is 0 Å². The monoisotopic (exact) mass is 365 g/mol. The molecule has 0 fully saturated rings. The largest absolute Gasteiger partial charge is 0.496 e.